The maximum atomic E-state index is 13.2. The van der Waals surface area contributed by atoms with E-state index >= 15 is 0 Å². The number of hydrogen-bond donors (Lipinski definition) is 3. The molecule has 4 N–H and O–H groups in total. The molecule has 0 saturated carbocycles. The van der Waals surface area contributed by atoms with E-state index in [-0.39, 0.29) is 34.6 Å². The van der Waals surface area contributed by atoms with E-state index in [2.05, 4.69) is 25.4 Å². The summed E-state index contributed by atoms with van der Waals surface area (Å²) in [5, 5.41) is 0. The minimum absolute atomic E-state index is 0.0224. The van der Waals surface area contributed by atoms with Crippen LogP contribution in [0, 0.1) is 5.82 Å². The highest BCUT2D eigenvalue weighted by Crippen LogP contribution is 2.26. The molecule has 0 aliphatic carbocycles. The SMILES string of the molecule is CS(=O)(=O)NCCCNS(=O)(=O)c1cc(N)c(F)cc1Br. The van der Waals surface area contributed by atoms with Crippen LogP contribution in [0.25, 0.3) is 0 Å². The van der Waals surface area contributed by atoms with Gasteiger partial charge in [-0.2, -0.15) is 0 Å². The molecule has 1 aromatic carbocycles. The van der Waals surface area contributed by atoms with Gasteiger partial charge < -0.3 is 5.73 Å². The van der Waals surface area contributed by atoms with E-state index in [0.29, 0.717) is 0 Å². The highest BCUT2D eigenvalue weighted by molar-refractivity contribution is 9.10. The van der Waals surface area contributed by atoms with Crippen molar-refractivity contribution in [2.75, 3.05) is 25.1 Å². The molecule has 0 aromatic heterocycles. The second kappa shape index (κ2) is 7.01. The summed E-state index contributed by atoms with van der Waals surface area (Å²) in [6.07, 6.45) is 1.27. The average Bonchev–Trinajstić information content (AvgIpc) is 2.31. The van der Waals surface area contributed by atoms with Crippen LogP contribution in [0.15, 0.2) is 21.5 Å². The van der Waals surface area contributed by atoms with E-state index in [0.717, 1.165) is 18.4 Å². The fourth-order valence-electron chi connectivity index (χ4n) is 1.38. The molecule has 0 radical (unpaired) electrons. The molecule has 0 aliphatic rings. The number of anilines is 1. The van der Waals surface area contributed by atoms with Gasteiger partial charge in [0.1, 0.15) is 5.82 Å². The van der Waals surface area contributed by atoms with Crippen molar-refractivity contribution < 1.29 is 21.2 Å². The Balaban J connectivity index is 2.68. The third-order valence-electron chi connectivity index (χ3n) is 2.35. The summed E-state index contributed by atoms with van der Waals surface area (Å²) < 4.78 is 63.4. The summed E-state index contributed by atoms with van der Waals surface area (Å²) in [6, 6.07) is 1.98. The molecule has 0 amide bonds. The van der Waals surface area contributed by atoms with Crippen LogP contribution in [0.3, 0.4) is 0 Å². The molecule has 0 heterocycles. The first-order valence-corrected chi connectivity index (χ1v) is 9.88. The number of rotatable bonds is 7. The van der Waals surface area contributed by atoms with Crippen LogP contribution in [0.4, 0.5) is 10.1 Å². The van der Waals surface area contributed by atoms with Crippen molar-refractivity contribution in [1.82, 2.24) is 9.44 Å². The fraction of sp³-hybridized carbons (Fsp3) is 0.400. The van der Waals surface area contributed by atoms with Crippen LogP contribution < -0.4 is 15.2 Å². The number of nitrogen functional groups attached to an aromatic ring is 1. The Bertz CT molecular complexity index is 722. The van der Waals surface area contributed by atoms with E-state index in [9.17, 15) is 21.2 Å². The van der Waals surface area contributed by atoms with Crippen molar-refractivity contribution in [1.29, 1.82) is 0 Å². The Kier molecular flexibility index (Phi) is 6.11. The molecule has 0 aliphatic heterocycles. The molecular weight excluding hydrogens is 389 g/mol. The molecule has 0 fully saturated rings. The third kappa shape index (κ3) is 5.87. The Morgan fingerprint density at radius 1 is 1.19 bits per heavy atom. The van der Waals surface area contributed by atoms with Gasteiger partial charge in [-0.1, -0.05) is 0 Å². The zero-order valence-electron chi connectivity index (χ0n) is 11.1. The molecule has 0 unspecified atom stereocenters. The maximum Gasteiger partial charge on any atom is 0.241 e. The fourth-order valence-corrected chi connectivity index (χ4v) is 4.02. The molecule has 11 heteroatoms. The summed E-state index contributed by atoms with van der Waals surface area (Å²) in [6.45, 7) is 0.128. The van der Waals surface area contributed by atoms with Crippen molar-refractivity contribution in [2.24, 2.45) is 0 Å². The highest BCUT2D eigenvalue weighted by atomic mass is 79.9. The lowest BCUT2D eigenvalue weighted by atomic mass is 10.3. The Morgan fingerprint density at radius 2 is 1.76 bits per heavy atom. The summed E-state index contributed by atoms with van der Waals surface area (Å²) >= 11 is 2.96. The maximum absolute atomic E-state index is 13.2. The predicted octanol–water partition coefficient (Wildman–Crippen LogP) is 0.388. The average molecular weight is 404 g/mol. The number of nitrogens with two attached hydrogens (primary N) is 1. The number of nitrogens with one attached hydrogen (secondary N) is 2. The van der Waals surface area contributed by atoms with Gasteiger partial charge in [0.15, 0.2) is 0 Å². The van der Waals surface area contributed by atoms with Crippen LogP contribution in [-0.2, 0) is 20.0 Å². The molecule has 0 saturated heterocycles. The lowest BCUT2D eigenvalue weighted by Gasteiger charge is -2.10. The van der Waals surface area contributed by atoms with E-state index in [4.69, 9.17) is 5.73 Å². The second-order valence-corrected chi connectivity index (χ2v) is 8.64. The molecule has 21 heavy (non-hydrogen) atoms. The molecule has 1 rings (SSSR count). The lowest BCUT2D eigenvalue weighted by molar-refractivity contribution is 0.574. The van der Waals surface area contributed by atoms with Crippen LogP contribution in [0.1, 0.15) is 6.42 Å². The van der Waals surface area contributed by atoms with Crippen molar-refractivity contribution in [3.8, 4) is 0 Å². The molecule has 0 atom stereocenters. The first-order chi connectivity index (χ1) is 9.53. The predicted molar refractivity (Wildman–Crippen MR) is 81.2 cm³/mol. The van der Waals surface area contributed by atoms with Gasteiger partial charge in [-0.15, -0.1) is 0 Å². The van der Waals surface area contributed by atoms with Crippen molar-refractivity contribution in [3.63, 3.8) is 0 Å². The third-order valence-corrected chi connectivity index (χ3v) is 5.50. The normalized spacial score (nSPS) is 12.5. The van der Waals surface area contributed by atoms with E-state index in [1.807, 2.05) is 0 Å². The van der Waals surface area contributed by atoms with Crippen molar-refractivity contribution in [3.05, 3.63) is 22.4 Å². The van der Waals surface area contributed by atoms with Gasteiger partial charge in [0.2, 0.25) is 20.0 Å². The summed E-state index contributed by atoms with van der Waals surface area (Å²) in [5.41, 5.74) is 5.07. The van der Waals surface area contributed by atoms with E-state index in [1.165, 1.54) is 0 Å². The molecule has 120 valence electrons. The van der Waals surface area contributed by atoms with Crippen LogP contribution >= 0.6 is 15.9 Å². The van der Waals surface area contributed by atoms with Gasteiger partial charge in [0.25, 0.3) is 0 Å². The second-order valence-electron chi connectivity index (χ2n) is 4.22. The summed E-state index contributed by atoms with van der Waals surface area (Å²) in [5.74, 6) is -0.724. The lowest BCUT2D eigenvalue weighted by Crippen LogP contribution is -2.29. The van der Waals surface area contributed by atoms with Crippen LogP contribution in [0.2, 0.25) is 0 Å². The zero-order valence-corrected chi connectivity index (χ0v) is 14.3. The molecule has 0 bridgehead atoms. The van der Waals surface area contributed by atoms with Gasteiger partial charge in [0, 0.05) is 17.6 Å². The molecule has 7 nitrogen and oxygen atoms in total. The van der Waals surface area contributed by atoms with Crippen molar-refractivity contribution >= 4 is 41.7 Å². The largest absolute Gasteiger partial charge is 0.396 e. The number of sulfonamides is 2. The van der Waals surface area contributed by atoms with E-state index < -0.39 is 25.9 Å². The molecular formula is C10H15BrFN3O4S2. The standard InChI is InChI=1S/C10H15BrFN3O4S2/c1-20(16,17)14-3-2-4-15-21(18,19)10-6-9(13)8(12)5-7(10)11/h5-6,14-15H,2-4,13H2,1H3. The summed E-state index contributed by atoms with van der Waals surface area (Å²) in [7, 11) is -7.17. The molecule has 0 spiro atoms. The minimum atomic E-state index is -3.87. The van der Waals surface area contributed by atoms with Gasteiger partial charge in [0.05, 0.1) is 16.8 Å². The first kappa shape index (κ1) is 18.3. The monoisotopic (exact) mass is 403 g/mol. The number of benzene rings is 1. The highest BCUT2D eigenvalue weighted by Gasteiger charge is 2.19. The van der Waals surface area contributed by atoms with Gasteiger partial charge in [-0.05, 0) is 34.5 Å². The van der Waals surface area contributed by atoms with Gasteiger partial charge in [-0.3, -0.25) is 0 Å². The van der Waals surface area contributed by atoms with E-state index in [1.54, 1.807) is 0 Å². The number of hydrogen-bond acceptors (Lipinski definition) is 5. The Hall–Kier alpha value is -0.750. The topological polar surface area (TPSA) is 118 Å². The van der Waals surface area contributed by atoms with Crippen LogP contribution in [-0.4, -0.2) is 36.2 Å². The van der Waals surface area contributed by atoms with Gasteiger partial charge >= 0.3 is 0 Å². The number of halogens is 2. The Labute approximate surface area is 131 Å². The summed E-state index contributed by atoms with van der Waals surface area (Å²) in [4.78, 5) is -0.183. The smallest absolute Gasteiger partial charge is 0.241 e. The Morgan fingerprint density at radius 3 is 2.33 bits per heavy atom. The first-order valence-electron chi connectivity index (χ1n) is 5.72. The molecule has 1 aromatic rings. The van der Waals surface area contributed by atoms with Crippen LogP contribution in [0.5, 0.6) is 0 Å². The van der Waals surface area contributed by atoms with Gasteiger partial charge in [-0.25, -0.2) is 30.7 Å². The minimum Gasteiger partial charge on any atom is -0.396 e. The van der Waals surface area contributed by atoms with Crippen molar-refractivity contribution in [2.45, 2.75) is 11.3 Å². The zero-order chi connectivity index (χ0) is 16.3. The quantitative estimate of drug-likeness (QED) is 0.449.